The van der Waals surface area contributed by atoms with Crippen LogP contribution >= 0.6 is 0 Å². The Kier molecular flexibility index (Phi) is 7.35. The zero-order chi connectivity index (χ0) is 10.3. The van der Waals surface area contributed by atoms with Crippen molar-refractivity contribution in [2.75, 3.05) is 19.6 Å². The molecule has 0 aromatic rings. The van der Waals surface area contributed by atoms with Gasteiger partial charge in [-0.1, -0.05) is 34.6 Å². The predicted molar refractivity (Wildman–Crippen MR) is 61.0 cm³/mol. The molecule has 1 aliphatic heterocycles. The summed E-state index contributed by atoms with van der Waals surface area (Å²) < 4.78 is 0. The van der Waals surface area contributed by atoms with Gasteiger partial charge in [-0.05, 0) is 37.8 Å². The fourth-order valence-electron chi connectivity index (χ4n) is 1.67. The van der Waals surface area contributed by atoms with E-state index in [1.165, 1.54) is 32.5 Å². The molecule has 1 atom stereocenters. The van der Waals surface area contributed by atoms with Gasteiger partial charge in [0.2, 0.25) is 0 Å². The number of rotatable bonds is 3. The molecule has 0 bridgehead atoms. The number of hydrogen-bond acceptors (Lipinski definition) is 1. The lowest BCUT2D eigenvalue weighted by Crippen LogP contribution is -2.22. The van der Waals surface area contributed by atoms with Crippen LogP contribution < -0.4 is 0 Å². The molecule has 0 spiro atoms. The highest BCUT2D eigenvalue weighted by Crippen LogP contribution is 2.15. The van der Waals surface area contributed by atoms with Gasteiger partial charge >= 0.3 is 0 Å². The van der Waals surface area contributed by atoms with E-state index >= 15 is 0 Å². The van der Waals surface area contributed by atoms with Gasteiger partial charge in [0.25, 0.3) is 0 Å². The van der Waals surface area contributed by atoms with Gasteiger partial charge in [-0.2, -0.15) is 0 Å². The summed E-state index contributed by atoms with van der Waals surface area (Å²) >= 11 is 0. The molecular formula is C12H27N. The minimum Gasteiger partial charge on any atom is -0.303 e. The van der Waals surface area contributed by atoms with Crippen molar-refractivity contribution in [3.8, 4) is 0 Å². The van der Waals surface area contributed by atoms with Gasteiger partial charge in [0.15, 0.2) is 0 Å². The Morgan fingerprint density at radius 2 is 1.92 bits per heavy atom. The van der Waals surface area contributed by atoms with Crippen LogP contribution in [0.2, 0.25) is 0 Å². The maximum absolute atomic E-state index is 2.60. The molecule has 0 aromatic heterocycles. The molecule has 1 unspecified atom stereocenters. The van der Waals surface area contributed by atoms with Crippen molar-refractivity contribution >= 4 is 0 Å². The average Bonchev–Trinajstić information content (AvgIpc) is 2.52. The standard InChI is InChI=1S/C10H21N.C2H6/c1-9(2)4-6-11-7-5-10(3)8-11;1-2/h9-10H,4-8H2,1-3H3;1-2H3. The molecule has 0 radical (unpaired) electrons. The minimum absolute atomic E-state index is 0.867. The van der Waals surface area contributed by atoms with E-state index in [0.717, 1.165) is 11.8 Å². The molecule has 0 aliphatic carbocycles. The number of hydrogen-bond donors (Lipinski definition) is 0. The van der Waals surface area contributed by atoms with Gasteiger partial charge < -0.3 is 4.90 Å². The quantitative estimate of drug-likeness (QED) is 0.651. The second-order valence-corrected chi connectivity index (χ2v) is 4.38. The van der Waals surface area contributed by atoms with Crippen molar-refractivity contribution in [2.45, 2.75) is 47.5 Å². The third-order valence-electron chi connectivity index (χ3n) is 2.53. The zero-order valence-corrected chi connectivity index (χ0v) is 10.1. The maximum atomic E-state index is 2.60. The Morgan fingerprint density at radius 1 is 1.31 bits per heavy atom. The Hall–Kier alpha value is -0.0400. The number of likely N-dealkylation sites (tertiary alicyclic amines) is 1. The van der Waals surface area contributed by atoms with Gasteiger partial charge in [-0.3, -0.25) is 0 Å². The molecule has 0 saturated carbocycles. The summed E-state index contributed by atoms with van der Waals surface area (Å²) in [5.74, 6) is 1.81. The highest BCUT2D eigenvalue weighted by molar-refractivity contribution is 4.72. The van der Waals surface area contributed by atoms with Crippen LogP contribution in [0.1, 0.15) is 47.5 Å². The first-order chi connectivity index (χ1) is 6.18. The van der Waals surface area contributed by atoms with Gasteiger partial charge in [-0.25, -0.2) is 0 Å². The summed E-state index contributed by atoms with van der Waals surface area (Å²) in [6.07, 6.45) is 2.78. The summed E-state index contributed by atoms with van der Waals surface area (Å²) in [7, 11) is 0. The molecule has 80 valence electrons. The van der Waals surface area contributed by atoms with Crippen LogP contribution in [0.3, 0.4) is 0 Å². The van der Waals surface area contributed by atoms with E-state index in [9.17, 15) is 0 Å². The molecule has 1 heteroatoms. The van der Waals surface area contributed by atoms with Gasteiger partial charge in [0.05, 0.1) is 0 Å². The van der Waals surface area contributed by atoms with Crippen LogP contribution in [0.5, 0.6) is 0 Å². The maximum Gasteiger partial charge on any atom is 0.000750 e. The molecular weight excluding hydrogens is 158 g/mol. The normalized spacial score (nSPS) is 23.1. The summed E-state index contributed by atoms with van der Waals surface area (Å²) in [6.45, 7) is 15.0. The molecule has 1 fully saturated rings. The third kappa shape index (κ3) is 6.09. The molecule has 1 rings (SSSR count). The van der Waals surface area contributed by atoms with Crippen LogP contribution in [0.25, 0.3) is 0 Å². The largest absolute Gasteiger partial charge is 0.303 e. The second-order valence-electron chi connectivity index (χ2n) is 4.38. The smallest absolute Gasteiger partial charge is 0.000750 e. The van der Waals surface area contributed by atoms with E-state index in [-0.39, 0.29) is 0 Å². The first-order valence-corrected chi connectivity index (χ1v) is 5.91. The predicted octanol–water partition coefficient (Wildman–Crippen LogP) is 3.40. The second kappa shape index (κ2) is 7.37. The molecule has 1 saturated heterocycles. The Balaban J connectivity index is 0.000000671. The van der Waals surface area contributed by atoms with Gasteiger partial charge in [0.1, 0.15) is 0 Å². The summed E-state index contributed by atoms with van der Waals surface area (Å²) in [4.78, 5) is 2.60. The van der Waals surface area contributed by atoms with Crippen molar-refractivity contribution in [3.63, 3.8) is 0 Å². The SMILES string of the molecule is CC.CC(C)CCN1CCC(C)C1. The molecule has 0 N–H and O–H groups in total. The van der Waals surface area contributed by atoms with Gasteiger partial charge in [-0.15, -0.1) is 0 Å². The lowest BCUT2D eigenvalue weighted by molar-refractivity contribution is 0.305. The fourth-order valence-corrected chi connectivity index (χ4v) is 1.67. The van der Waals surface area contributed by atoms with Crippen LogP contribution in [-0.4, -0.2) is 24.5 Å². The van der Waals surface area contributed by atoms with Crippen LogP contribution in [-0.2, 0) is 0 Å². The van der Waals surface area contributed by atoms with Crippen LogP contribution in [0, 0.1) is 11.8 Å². The van der Waals surface area contributed by atoms with Crippen LogP contribution in [0.15, 0.2) is 0 Å². The average molecular weight is 185 g/mol. The van der Waals surface area contributed by atoms with Gasteiger partial charge in [0, 0.05) is 6.54 Å². The summed E-state index contributed by atoms with van der Waals surface area (Å²) in [6, 6.07) is 0. The van der Waals surface area contributed by atoms with E-state index in [4.69, 9.17) is 0 Å². The van der Waals surface area contributed by atoms with Crippen molar-refractivity contribution in [2.24, 2.45) is 11.8 Å². The lowest BCUT2D eigenvalue weighted by Gasteiger charge is -2.16. The molecule has 1 aliphatic rings. The minimum atomic E-state index is 0.867. The molecule has 13 heavy (non-hydrogen) atoms. The highest BCUT2D eigenvalue weighted by Gasteiger charge is 2.17. The van der Waals surface area contributed by atoms with Crippen molar-refractivity contribution in [3.05, 3.63) is 0 Å². The Morgan fingerprint density at radius 3 is 2.31 bits per heavy atom. The molecule has 0 amide bonds. The van der Waals surface area contributed by atoms with E-state index < -0.39 is 0 Å². The Labute approximate surface area is 84.5 Å². The zero-order valence-electron chi connectivity index (χ0n) is 10.1. The third-order valence-corrected chi connectivity index (χ3v) is 2.53. The van der Waals surface area contributed by atoms with Crippen molar-refractivity contribution < 1.29 is 0 Å². The number of nitrogens with zero attached hydrogens (tertiary/aromatic N) is 1. The van der Waals surface area contributed by atoms with E-state index in [1.807, 2.05) is 13.8 Å². The molecule has 0 aromatic carbocycles. The highest BCUT2D eigenvalue weighted by atomic mass is 15.1. The fraction of sp³-hybridized carbons (Fsp3) is 1.00. The topological polar surface area (TPSA) is 3.24 Å². The van der Waals surface area contributed by atoms with Crippen molar-refractivity contribution in [1.29, 1.82) is 0 Å². The van der Waals surface area contributed by atoms with E-state index in [1.54, 1.807) is 0 Å². The summed E-state index contributed by atoms with van der Waals surface area (Å²) in [5, 5.41) is 0. The van der Waals surface area contributed by atoms with E-state index in [0.29, 0.717) is 0 Å². The molecule has 1 heterocycles. The van der Waals surface area contributed by atoms with Crippen molar-refractivity contribution in [1.82, 2.24) is 4.90 Å². The van der Waals surface area contributed by atoms with Crippen LogP contribution in [0.4, 0.5) is 0 Å². The first kappa shape index (κ1) is 13.0. The monoisotopic (exact) mass is 185 g/mol. The lowest BCUT2D eigenvalue weighted by atomic mass is 10.1. The van der Waals surface area contributed by atoms with E-state index in [2.05, 4.69) is 25.7 Å². The Bertz CT molecular complexity index is 110. The first-order valence-electron chi connectivity index (χ1n) is 5.91. The summed E-state index contributed by atoms with van der Waals surface area (Å²) in [5.41, 5.74) is 0. The molecule has 1 nitrogen and oxygen atoms in total.